The lowest BCUT2D eigenvalue weighted by molar-refractivity contribution is 0.0759. The van der Waals surface area contributed by atoms with E-state index in [-0.39, 0.29) is 6.10 Å². The Labute approximate surface area is 114 Å². The largest absolute Gasteiger partial charge is 0.508 e. The summed E-state index contributed by atoms with van der Waals surface area (Å²) >= 11 is 0. The molecule has 0 heterocycles. The molecule has 0 aliphatic heterocycles. The number of benzene rings is 2. The molecule has 0 radical (unpaired) electrons. The van der Waals surface area contributed by atoms with Crippen LogP contribution in [0, 0.1) is 0 Å². The molecular formula is C16H21NO2. The molecule has 102 valence electrons. The van der Waals surface area contributed by atoms with Crippen LogP contribution in [0.3, 0.4) is 0 Å². The first-order chi connectivity index (χ1) is 9.22. The van der Waals surface area contributed by atoms with Crippen LogP contribution >= 0.6 is 0 Å². The summed E-state index contributed by atoms with van der Waals surface area (Å²) in [6.45, 7) is 6.18. The van der Waals surface area contributed by atoms with Crippen LogP contribution in [0.15, 0.2) is 36.4 Å². The highest BCUT2D eigenvalue weighted by Crippen LogP contribution is 2.26. The predicted molar refractivity (Wildman–Crippen MR) is 78.4 cm³/mol. The molecule has 0 spiro atoms. The molecule has 3 heteroatoms. The highest BCUT2D eigenvalue weighted by molar-refractivity contribution is 5.87. The maximum atomic E-state index is 10.0. The van der Waals surface area contributed by atoms with Gasteiger partial charge in [0.2, 0.25) is 0 Å². The van der Waals surface area contributed by atoms with Gasteiger partial charge in [-0.3, -0.25) is 0 Å². The van der Waals surface area contributed by atoms with Gasteiger partial charge in [-0.2, -0.15) is 0 Å². The maximum absolute atomic E-state index is 10.0. The molecule has 0 fully saturated rings. The lowest BCUT2D eigenvalue weighted by Gasteiger charge is -2.14. The van der Waals surface area contributed by atoms with Crippen molar-refractivity contribution < 1.29 is 9.84 Å². The van der Waals surface area contributed by atoms with Gasteiger partial charge in [-0.25, -0.2) is 0 Å². The molecule has 0 amide bonds. The molecule has 1 unspecified atom stereocenters. The molecule has 1 atom stereocenters. The first-order valence-electron chi connectivity index (χ1n) is 6.74. The number of aromatic hydroxyl groups is 1. The van der Waals surface area contributed by atoms with Crippen molar-refractivity contribution in [2.45, 2.75) is 26.5 Å². The zero-order valence-electron chi connectivity index (χ0n) is 11.5. The smallest absolute Gasteiger partial charge is 0.120 e. The molecular weight excluding hydrogens is 238 g/mol. The van der Waals surface area contributed by atoms with Gasteiger partial charge in [0.05, 0.1) is 6.10 Å². The summed E-state index contributed by atoms with van der Waals surface area (Å²) in [6, 6.07) is 11.8. The average molecular weight is 259 g/mol. The molecule has 0 bridgehead atoms. The van der Waals surface area contributed by atoms with E-state index in [1.165, 1.54) is 0 Å². The van der Waals surface area contributed by atoms with E-state index in [0.29, 0.717) is 12.3 Å². The number of ether oxygens (including phenoxy) is 1. The molecule has 0 aliphatic carbocycles. The van der Waals surface area contributed by atoms with E-state index in [2.05, 4.69) is 11.4 Å². The van der Waals surface area contributed by atoms with Crippen LogP contribution in [0.1, 0.15) is 19.4 Å². The number of nitrogens with one attached hydrogen (secondary N) is 1. The second-order valence-electron chi connectivity index (χ2n) is 4.68. The number of rotatable bonds is 6. The summed E-state index contributed by atoms with van der Waals surface area (Å²) in [5.41, 5.74) is 0.946. The van der Waals surface area contributed by atoms with Crippen molar-refractivity contribution in [1.82, 2.24) is 5.32 Å². The van der Waals surface area contributed by atoms with Gasteiger partial charge in [-0.1, -0.05) is 30.3 Å². The van der Waals surface area contributed by atoms with E-state index in [0.717, 1.165) is 29.5 Å². The van der Waals surface area contributed by atoms with Gasteiger partial charge in [0.25, 0.3) is 0 Å². The van der Waals surface area contributed by atoms with Crippen molar-refractivity contribution in [1.29, 1.82) is 0 Å². The van der Waals surface area contributed by atoms with E-state index in [1.54, 1.807) is 6.07 Å². The highest BCUT2D eigenvalue weighted by atomic mass is 16.5. The predicted octanol–water partition coefficient (Wildman–Crippen LogP) is 3.06. The number of phenols is 1. The first-order valence-corrected chi connectivity index (χ1v) is 6.74. The van der Waals surface area contributed by atoms with Gasteiger partial charge in [0.1, 0.15) is 5.75 Å². The summed E-state index contributed by atoms with van der Waals surface area (Å²) < 4.78 is 5.47. The Morgan fingerprint density at radius 2 is 2.00 bits per heavy atom. The van der Waals surface area contributed by atoms with Crippen LogP contribution in [0.4, 0.5) is 0 Å². The van der Waals surface area contributed by atoms with Gasteiger partial charge in [0.15, 0.2) is 0 Å². The fourth-order valence-electron chi connectivity index (χ4n) is 2.25. The molecule has 2 N–H and O–H groups in total. The summed E-state index contributed by atoms with van der Waals surface area (Å²) in [6.07, 6.45) is 0.183. The third-order valence-corrected chi connectivity index (χ3v) is 3.20. The Kier molecular flexibility index (Phi) is 4.77. The summed E-state index contributed by atoms with van der Waals surface area (Å²) in [5, 5.41) is 15.6. The third-order valence-electron chi connectivity index (χ3n) is 3.20. The standard InChI is InChI=1S/C16H21NO2/c1-3-19-12(2)10-17-11-15-14-7-5-4-6-13(14)8-9-16(15)18/h4-9,12,17-18H,3,10-11H2,1-2H3. The Hall–Kier alpha value is -1.58. The molecule has 0 saturated heterocycles. The Morgan fingerprint density at radius 1 is 1.21 bits per heavy atom. The first kappa shape index (κ1) is 13.8. The van der Waals surface area contributed by atoms with Crippen molar-refractivity contribution in [2.24, 2.45) is 0 Å². The lowest BCUT2D eigenvalue weighted by atomic mass is 10.0. The van der Waals surface area contributed by atoms with Gasteiger partial charge < -0.3 is 15.2 Å². The van der Waals surface area contributed by atoms with Crippen molar-refractivity contribution in [3.63, 3.8) is 0 Å². The second-order valence-corrected chi connectivity index (χ2v) is 4.68. The minimum Gasteiger partial charge on any atom is -0.508 e. The van der Waals surface area contributed by atoms with Crippen molar-refractivity contribution in [3.8, 4) is 5.75 Å². The molecule has 0 saturated carbocycles. The Balaban J connectivity index is 2.09. The molecule has 2 aromatic rings. The Morgan fingerprint density at radius 3 is 2.79 bits per heavy atom. The van der Waals surface area contributed by atoms with Crippen LogP contribution in [0.5, 0.6) is 5.75 Å². The highest BCUT2D eigenvalue weighted by Gasteiger charge is 2.07. The van der Waals surface area contributed by atoms with Crippen LogP contribution < -0.4 is 5.32 Å². The second kappa shape index (κ2) is 6.55. The quantitative estimate of drug-likeness (QED) is 0.837. The van der Waals surface area contributed by atoms with E-state index in [1.807, 2.05) is 38.1 Å². The Bertz CT molecular complexity index is 539. The summed E-state index contributed by atoms with van der Waals surface area (Å²) in [4.78, 5) is 0. The fourth-order valence-corrected chi connectivity index (χ4v) is 2.25. The summed E-state index contributed by atoms with van der Waals surface area (Å²) in [7, 11) is 0. The van der Waals surface area contributed by atoms with Gasteiger partial charge in [-0.05, 0) is 30.7 Å². The van der Waals surface area contributed by atoms with Crippen molar-refractivity contribution in [3.05, 3.63) is 42.0 Å². The SMILES string of the molecule is CCOC(C)CNCc1c(O)ccc2ccccc12. The van der Waals surface area contributed by atoms with E-state index in [4.69, 9.17) is 4.74 Å². The van der Waals surface area contributed by atoms with E-state index >= 15 is 0 Å². The van der Waals surface area contributed by atoms with Crippen LogP contribution in [0.25, 0.3) is 10.8 Å². The van der Waals surface area contributed by atoms with Gasteiger partial charge in [0, 0.05) is 25.3 Å². The van der Waals surface area contributed by atoms with E-state index < -0.39 is 0 Å². The lowest BCUT2D eigenvalue weighted by Crippen LogP contribution is -2.26. The zero-order chi connectivity index (χ0) is 13.7. The minimum absolute atomic E-state index is 0.183. The fraction of sp³-hybridized carbons (Fsp3) is 0.375. The molecule has 19 heavy (non-hydrogen) atoms. The monoisotopic (exact) mass is 259 g/mol. The molecule has 0 aromatic heterocycles. The van der Waals surface area contributed by atoms with Gasteiger partial charge in [-0.15, -0.1) is 0 Å². The number of fused-ring (bicyclic) bond motifs is 1. The maximum Gasteiger partial charge on any atom is 0.120 e. The topological polar surface area (TPSA) is 41.5 Å². The minimum atomic E-state index is 0.183. The van der Waals surface area contributed by atoms with Crippen molar-refractivity contribution >= 4 is 10.8 Å². The van der Waals surface area contributed by atoms with Crippen LogP contribution in [0.2, 0.25) is 0 Å². The van der Waals surface area contributed by atoms with E-state index in [9.17, 15) is 5.11 Å². The average Bonchev–Trinajstić information content (AvgIpc) is 2.41. The molecule has 2 rings (SSSR count). The summed E-state index contributed by atoms with van der Waals surface area (Å²) in [5.74, 6) is 0.343. The molecule has 0 aliphatic rings. The third kappa shape index (κ3) is 3.46. The number of hydrogen-bond acceptors (Lipinski definition) is 3. The van der Waals surface area contributed by atoms with Crippen LogP contribution in [-0.4, -0.2) is 24.4 Å². The molecule has 2 aromatic carbocycles. The number of phenolic OH excluding ortho intramolecular Hbond substituents is 1. The normalized spacial score (nSPS) is 12.7. The number of hydrogen-bond donors (Lipinski definition) is 2. The zero-order valence-corrected chi connectivity index (χ0v) is 11.5. The van der Waals surface area contributed by atoms with Crippen molar-refractivity contribution in [2.75, 3.05) is 13.2 Å². The molecule has 3 nitrogen and oxygen atoms in total. The van der Waals surface area contributed by atoms with Gasteiger partial charge >= 0.3 is 0 Å². The van der Waals surface area contributed by atoms with Crippen LogP contribution in [-0.2, 0) is 11.3 Å².